The summed E-state index contributed by atoms with van der Waals surface area (Å²) >= 11 is 5.83. The molecule has 4 N–H and O–H groups in total. The minimum Gasteiger partial charge on any atom is -0.439 e. The predicted octanol–water partition coefficient (Wildman–Crippen LogP) is 4.36. The van der Waals surface area contributed by atoms with E-state index in [1.165, 1.54) is 0 Å². The zero-order valence-electron chi connectivity index (χ0n) is 15.4. The molecule has 2 amide bonds. The van der Waals surface area contributed by atoms with Crippen LogP contribution in [0.5, 0.6) is 11.6 Å². The number of carbonyl (C=O) groups is 1. The molecule has 0 atom stereocenters. The fourth-order valence-corrected chi connectivity index (χ4v) is 2.44. The van der Waals surface area contributed by atoms with E-state index in [9.17, 15) is 4.79 Å². The van der Waals surface area contributed by atoms with Crippen LogP contribution in [0.4, 0.5) is 22.1 Å². The Labute approximate surface area is 172 Å². The van der Waals surface area contributed by atoms with Gasteiger partial charge in [0.1, 0.15) is 5.75 Å². The van der Waals surface area contributed by atoms with Crippen molar-refractivity contribution in [3.8, 4) is 11.6 Å². The molecular formula is C20H20ClN5O3. The van der Waals surface area contributed by atoms with Gasteiger partial charge in [-0.2, -0.15) is 4.98 Å². The number of rotatable bonds is 8. The molecule has 0 saturated heterocycles. The van der Waals surface area contributed by atoms with E-state index in [0.717, 1.165) is 0 Å². The van der Waals surface area contributed by atoms with Crippen molar-refractivity contribution < 1.29 is 14.6 Å². The van der Waals surface area contributed by atoms with Crippen LogP contribution in [0.2, 0.25) is 5.02 Å². The molecule has 0 fully saturated rings. The molecule has 0 radical (unpaired) electrons. The zero-order valence-corrected chi connectivity index (χ0v) is 16.2. The molecule has 1 heterocycles. The van der Waals surface area contributed by atoms with Gasteiger partial charge >= 0.3 is 6.03 Å². The van der Waals surface area contributed by atoms with E-state index < -0.39 is 0 Å². The smallest absolute Gasteiger partial charge is 0.323 e. The van der Waals surface area contributed by atoms with Gasteiger partial charge in [0.05, 0.1) is 0 Å². The number of ether oxygens (including phenoxy) is 1. The molecule has 150 valence electrons. The molecule has 1 aromatic heterocycles. The van der Waals surface area contributed by atoms with Gasteiger partial charge in [-0.3, -0.25) is 0 Å². The lowest BCUT2D eigenvalue weighted by molar-refractivity contribution is 0.262. The van der Waals surface area contributed by atoms with Crippen LogP contribution in [0.15, 0.2) is 60.8 Å². The van der Waals surface area contributed by atoms with E-state index in [-0.39, 0.29) is 12.6 Å². The lowest BCUT2D eigenvalue weighted by atomic mass is 10.3. The Morgan fingerprint density at radius 3 is 2.31 bits per heavy atom. The summed E-state index contributed by atoms with van der Waals surface area (Å²) in [7, 11) is 0. The van der Waals surface area contributed by atoms with Crippen molar-refractivity contribution in [3.63, 3.8) is 0 Å². The maximum absolute atomic E-state index is 12.1. The van der Waals surface area contributed by atoms with E-state index in [0.29, 0.717) is 46.9 Å². The van der Waals surface area contributed by atoms with E-state index in [2.05, 4.69) is 25.9 Å². The van der Waals surface area contributed by atoms with Gasteiger partial charge in [-0.1, -0.05) is 11.6 Å². The van der Waals surface area contributed by atoms with Crippen LogP contribution in [0.3, 0.4) is 0 Å². The van der Waals surface area contributed by atoms with Crippen LogP contribution < -0.4 is 20.7 Å². The first-order valence-electron chi connectivity index (χ1n) is 8.91. The number of nitrogens with zero attached hydrogens (tertiary/aromatic N) is 2. The second kappa shape index (κ2) is 10.3. The highest BCUT2D eigenvalue weighted by Gasteiger charge is 2.05. The molecule has 29 heavy (non-hydrogen) atoms. The predicted molar refractivity (Wildman–Crippen MR) is 113 cm³/mol. The Kier molecular flexibility index (Phi) is 7.21. The minimum absolute atomic E-state index is 0.0985. The first-order chi connectivity index (χ1) is 14.1. The summed E-state index contributed by atoms with van der Waals surface area (Å²) in [5.41, 5.74) is 1.25. The maximum atomic E-state index is 12.1. The number of hydrogen-bond donors (Lipinski definition) is 4. The van der Waals surface area contributed by atoms with Crippen LogP contribution in [-0.4, -0.2) is 34.3 Å². The fraction of sp³-hybridized carbons (Fsp3) is 0.150. The van der Waals surface area contributed by atoms with Gasteiger partial charge in [0.25, 0.3) is 0 Å². The molecule has 8 nitrogen and oxygen atoms in total. The molecule has 0 bridgehead atoms. The summed E-state index contributed by atoms with van der Waals surface area (Å²) in [4.78, 5) is 20.4. The fourth-order valence-electron chi connectivity index (χ4n) is 2.32. The van der Waals surface area contributed by atoms with E-state index in [1.54, 1.807) is 60.8 Å². The molecule has 0 aliphatic heterocycles. The summed E-state index contributed by atoms with van der Waals surface area (Å²) in [5.74, 6) is 1.37. The lowest BCUT2D eigenvalue weighted by Crippen LogP contribution is -2.19. The summed E-state index contributed by atoms with van der Waals surface area (Å²) in [6.07, 6.45) is 2.19. The minimum atomic E-state index is -0.365. The highest BCUT2D eigenvalue weighted by atomic mass is 35.5. The molecule has 0 saturated carbocycles. The van der Waals surface area contributed by atoms with E-state index in [4.69, 9.17) is 21.4 Å². The largest absolute Gasteiger partial charge is 0.439 e. The SMILES string of the molecule is O=C(Nc1ccc(Cl)cc1)Nc1ccc(Oc2ccnc(NCCCO)n2)cc1. The second-order valence-electron chi connectivity index (χ2n) is 5.93. The number of aromatic nitrogens is 2. The molecule has 9 heteroatoms. The van der Waals surface area contributed by atoms with Gasteiger partial charge < -0.3 is 25.8 Å². The van der Waals surface area contributed by atoms with Crippen LogP contribution in [-0.2, 0) is 0 Å². The number of amides is 2. The molecule has 3 aromatic rings. The average molecular weight is 414 g/mol. The van der Waals surface area contributed by atoms with Crippen molar-refractivity contribution in [1.29, 1.82) is 0 Å². The van der Waals surface area contributed by atoms with Crippen molar-refractivity contribution in [3.05, 3.63) is 65.8 Å². The van der Waals surface area contributed by atoms with Gasteiger partial charge in [-0.25, -0.2) is 9.78 Å². The molecule has 2 aromatic carbocycles. The summed E-state index contributed by atoms with van der Waals surface area (Å²) in [6.45, 7) is 0.666. The number of aliphatic hydroxyl groups excluding tert-OH is 1. The molecule has 0 aliphatic carbocycles. The van der Waals surface area contributed by atoms with Crippen LogP contribution in [0.25, 0.3) is 0 Å². The lowest BCUT2D eigenvalue weighted by Gasteiger charge is -2.10. The van der Waals surface area contributed by atoms with Crippen molar-refractivity contribution in [2.24, 2.45) is 0 Å². The normalized spacial score (nSPS) is 10.3. The third-order valence-corrected chi connectivity index (χ3v) is 3.94. The van der Waals surface area contributed by atoms with Crippen molar-refractivity contribution in [2.75, 3.05) is 29.1 Å². The molecule has 0 unspecified atom stereocenters. The Bertz CT molecular complexity index is 936. The van der Waals surface area contributed by atoms with Crippen LogP contribution >= 0.6 is 11.6 Å². The number of nitrogens with one attached hydrogen (secondary N) is 3. The zero-order chi connectivity index (χ0) is 20.5. The van der Waals surface area contributed by atoms with Gasteiger partial charge in [-0.15, -0.1) is 0 Å². The Morgan fingerprint density at radius 2 is 1.66 bits per heavy atom. The standard InChI is InChI=1S/C20H20ClN5O3/c21-14-2-4-15(5-3-14)24-20(28)25-16-6-8-17(9-7-16)29-18-10-12-23-19(26-18)22-11-1-13-27/h2-10,12,27H,1,11,13H2,(H,22,23,26)(H2,24,25,28). The highest BCUT2D eigenvalue weighted by molar-refractivity contribution is 6.30. The van der Waals surface area contributed by atoms with Gasteiger partial charge in [0, 0.05) is 41.8 Å². The third kappa shape index (κ3) is 6.63. The van der Waals surface area contributed by atoms with Gasteiger partial charge in [0.2, 0.25) is 11.8 Å². The summed E-state index contributed by atoms with van der Waals surface area (Å²) in [6, 6.07) is 15.0. The first-order valence-corrected chi connectivity index (χ1v) is 9.29. The molecule has 0 aliphatic rings. The van der Waals surface area contributed by atoms with Gasteiger partial charge in [0.15, 0.2) is 0 Å². The summed E-state index contributed by atoms with van der Waals surface area (Å²) < 4.78 is 5.71. The maximum Gasteiger partial charge on any atom is 0.323 e. The summed E-state index contributed by atoms with van der Waals surface area (Å²) in [5, 5.41) is 17.9. The second-order valence-corrected chi connectivity index (χ2v) is 6.37. The first kappa shape index (κ1) is 20.4. The van der Waals surface area contributed by atoms with Gasteiger partial charge in [-0.05, 0) is 55.0 Å². The average Bonchev–Trinajstić information content (AvgIpc) is 2.72. The van der Waals surface area contributed by atoms with Crippen LogP contribution in [0.1, 0.15) is 6.42 Å². The molecular weight excluding hydrogens is 394 g/mol. The van der Waals surface area contributed by atoms with Crippen LogP contribution in [0, 0.1) is 0 Å². The Morgan fingerprint density at radius 1 is 1.00 bits per heavy atom. The Hall–Kier alpha value is -3.36. The number of benzene rings is 2. The molecule has 0 spiro atoms. The van der Waals surface area contributed by atoms with E-state index >= 15 is 0 Å². The van der Waals surface area contributed by atoms with Crippen molar-refractivity contribution in [2.45, 2.75) is 6.42 Å². The van der Waals surface area contributed by atoms with Crippen molar-refractivity contribution >= 4 is 35.0 Å². The number of aliphatic hydroxyl groups is 1. The molecule has 3 rings (SSSR count). The van der Waals surface area contributed by atoms with Crippen molar-refractivity contribution in [1.82, 2.24) is 9.97 Å². The Balaban J connectivity index is 1.54. The highest BCUT2D eigenvalue weighted by Crippen LogP contribution is 2.22. The number of hydrogen-bond acceptors (Lipinski definition) is 6. The third-order valence-electron chi connectivity index (χ3n) is 3.68. The van der Waals surface area contributed by atoms with E-state index in [1.807, 2.05) is 0 Å². The number of halogens is 1. The monoisotopic (exact) mass is 413 g/mol. The number of carbonyl (C=O) groups excluding carboxylic acids is 1. The number of urea groups is 1. The quantitative estimate of drug-likeness (QED) is 0.408. The topological polar surface area (TPSA) is 108 Å². The number of anilines is 3.